The number of likely N-dealkylation sites (tertiary alicyclic amines) is 1. The average Bonchev–Trinajstić information content (AvgIpc) is 3.02. The molecule has 0 bridgehead atoms. The van der Waals surface area contributed by atoms with Crippen LogP contribution in [0.1, 0.15) is 47.5 Å². The summed E-state index contributed by atoms with van der Waals surface area (Å²) in [5.41, 5.74) is -0.229. The molecular formula is C17H30N2O3. The van der Waals surface area contributed by atoms with Gasteiger partial charge in [-0.15, -0.1) is 0 Å². The first kappa shape index (κ1) is 16.1. The molecule has 1 aliphatic carbocycles. The molecule has 22 heavy (non-hydrogen) atoms. The van der Waals surface area contributed by atoms with Crippen LogP contribution < -0.4 is 5.32 Å². The lowest BCUT2D eigenvalue weighted by Gasteiger charge is -2.55. The highest BCUT2D eigenvalue weighted by Crippen LogP contribution is 2.52. The molecule has 0 aromatic carbocycles. The lowest BCUT2D eigenvalue weighted by Crippen LogP contribution is -2.67. The number of hydrogen-bond donors (Lipinski definition) is 1. The largest absolute Gasteiger partial charge is 0.444 e. The van der Waals surface area contributed by atoms with Crippen molar-refractivity contribution in [3.05, 3.63) is 0 Å². The minimum atomic E-state index is -0.424. The van der Waals surface area contributed by atoms with Crippen molar-refractivity contribution in [2.75, 3.05) is 19.7 Å². The second-order valence-electron chi connectivity index (χ2n) is 8.62. The number of fused-ring (bicyclic) bond motifs is 1. The van der Waals surface area contributed by atoms with Gasteiger partial charge in [0.2, 0.25) is 0 Å². The Labute approximate surface area is 133 Å². The molecule has 2 heterocycles. The van der Waals surface area contributed by atoms with Crippen molar-refractivity contribution in [2.45, 2.75) is 71.2 Å². The van der Waals surface area contributed by atoms with E-state index in [0.717, 1.165) is 32.5 Å². The van der Waals surface area contributed by atoms with E-state index in [1.807, 2.05) is 25.7 Å². The molecule has 4 unspecified atom stereocenters. The first-order valence-corrected chi connectivity index (χ1v) is 8.54. The molecule has 1 amide bonds. The Morgan fingerprint density at radius 1 is 1.32 bits per heavy atom. The molecule has 0 radical (unpaired) electrons. The highest BCUT2D eigenvalue weighted by molar-refractivity contribution is 5.68. The maximum absolute atomic E-state index is 12.1. The van der Waals surface area contributed by atoms with E-state index in [1.54, 1.807) is 0 Å². The Kier molecular flexibility index (Phi) is 3.92. The average molecular weight is 310 g/mol. The van der Waals surface area contributed by atoms with Crippen molar-refractivity contribution in [2.24, 2.45) is 11.3 Å². The molecule has 5 nitrogen and oxygen atoms in total. The van der Waals surface area contributed by atoms with Gasteiger partial charge in [-0.3, -0.25) is 0 Å². The van der Waals surface area contributed by atoms with Crippen LogP contribution in [0.15, 0.2) is 0 Å². The van der Waals surface area contributed by atoms with Crippen LogP contribution >= 0.6 is 0 Å². The van der Waals surface area contributed by atoms with E-state index < -0.39 is 5.60 Å². The van der Waals surface area contributed by atoms with Crippen LogP contribution in [0.3, 0.4) is 0 Å². The molecule has 3 aliphatic rings. The second kappa shape index (κ2) is 5.38. The number of amides is 1. The summed E-state index contributed by atoms with van der Waals surface area (Å²) in [5, 5.41) is 3.80. The van der Waals surface area contributed by atoms with E-state index in [9.17, 15) is 4.79 Å². The summed E-state index contributed by atoms with van der Waals surface area (Å²) < 4.78 is 11.3. The second-order valence-corrected chi connectivity index (χ2v) is 8.62. The minimum absolute atomic E-state index is 0.188. The standard InChI is InChI=1S/C17H30N2O3/c1-16(2,3)22-15(20)19-8-6-11(10-19)18-13-12-7-9-21-14(12)17(13,4)5/h11-14,18H,6-10H2,1-5H3. The lowest BCUT2D eigenvalue weighted by atomic mass is 9.57. The fraction of sp³-hybridized carbons (Fsp3) is 0.941. The van der Waals surface area contributed by atoms with Crippen LogP contribution in [0.5, 0.6) is 0 Å². The van der Waals surface area contributed by atoms with Crippen LogP contribution in [-0.4, -0.2) is 54.5 Å². The SMILES string of the molecule is CC(C)(C)OC(=O)N1CCC(NC2C3CCOC3C2(C)C)C1. The summed E-state index contributed by atoms with van der Waals surface area (Å²) in [4.78, 5) is 14.0. The number of nitrogens with one attached hydrogen (secondary N) is 1. The highest BCUT2D eigenvalue weighted by atomic mass is 16.6. The topological polar surface area (TPSA) is 50.8 Å². The van der Waals surface area contributed by atoms with Gasteiger partial charge in [-0.1, -0.05) is 13.8 Å². The van der Waals surface area contributed by atoms with E-state index in [-0.39, 0.29) is 11.5 Å². The monoisotopic (exact) mass is 310 g/mol. The van der Waals surface area contributed by atoms with E-state index in [0.29, 0.717) is 24.1 Å². The number of ether oxygens (including phenoxy) is 2. The lowest BCUT2D eigenvalue weighted by molar-refractivity contribution is -0.115. The molecule has 0 spiro atoms. The van der Waals surface area contributed by atoms with Crippen molar-refractivity contribution >= 4 is 6.09 Å². The van der Waals surface area contributed by atoms with Gasteiger partial charge in [0.25, 0.3) is 0 Å². The van der Waals surface area contributed by atoms with Crippen molar-refractivity contribution in [1.29, 1.82) is 0 Å². The number of nitrogens with zero attached hydrogens (tertiary/aromatic N) is 1. The summed E-state index contributed by atoms with van der Waals surface area (Å²) >= 11 is 0. The molecule has 2 saturated heterocycles. The third-order valence-electron chi connectivity index (χ3n) is 5.36. The summed E-state index contributed by atoms with van der Waals surface area (Å²) in [6, 6.07) is 0.877. The van der Waals surface area contributed by atoms with E-state index in [1.165, 1.54) is 0 Å². The number of carbonyl (C=O) groups is 1. The fourth-order valence-corrected chi connectivity index (χ4v) is 4.31. The Morgan fingerprint density at radius 3 is 2.73 bits per heavy atom. The molecule has 3 fully saturated rings. The fourth-order valence-electron chi connectivity index (χ4n) is 4.31. The van der Waals surface area contributed by atoms with Crippen LogP contribution in [0.4, 0.5) is 4.79 Å². The van der Waals surface area contributed by atoms with E-state index >= 15 is 0 Å². The third-order valence-corrected chi connectivity index (χ3v) is 5.36. The van der Waals surface area contributed by atoms with E-state index in [2.05, 4.69) is 19.2 Å². The van der Waals surface area contributed by atoms with Crippen molar-refractivity contribution in [3.8, 4) is 0 Å². The predicted molar refractivity (Wildman–Crippen MR) is 84.8 cm³/mol. The van der Waals surface area contributed by atoms with Gasteiger partial charge in [-0.05, 0) is 33.6 Å². The molecule has 3 rings (SSSR count). The van der Waals surface area contributed by atoms with Crippen LogP contribution in [0.25, 0.3) is 0 Å². The number of carbonyl (C=O) groups excluding carboxylic acids is 1. The zero-order chi connectivity index (χ0) is 16.1. The van der Waals surface area contributed by atoms with Crippen molar-refractivity contribution in [1.82, 2.24) is 10.2 Å². The molecule has 0 aromatic rings. The Balaban J connectivity index is 1.52. The van der Waals surface area contributed by atoms with Gasteiger partial charge in [0, 0.05) is 43.1 Å². The van der Waals surface area contributed by atoms with Gasteiger partial charge >= 0.3 is 6.09 Å². The normalized spacial score (nSPS) is 36.9. The van der Waals surface area contributed by atoms with Crippen LogP contribution in [-0.2, 0) is 9.47 Å². The third kappa shape index (κ3) is 2.85. The molecule has 4 atom stereocenters. The van der Waals surface area contributed by atoms with Gasteiger partial charge < -0.3 is 19.7 Å². The van der Waals surface area contributed by atoms with Gasteiger partial charge in [-0.25, -0.2) is 4.79 Å². The zero-order valence-corrected chi connectivity index (χ0v) is 14.5. The maximum atomic E-state index is 12.1. The summed E-state index contributed by atoms with van der Waals surface area (Å²) in [7, 11) is 0. The first-order valence-electron chi connectivity index (χ1n) is 8.54. The van der Waals surface area contributed by atoms with Gasteiger partial charge in [-0.2, -0.15) is 0 Å². The number of hydrogen-bond acceptors (Lipinski definition) is 4. The van der Waals surface area contributed by atoms with Crippen molar-refractivity contribution in [3.63, 3.8) is 0 Å². The smallest absolute Gasteiger partial charge is 0.410 e. The van der Waals surface area contributed by atoms with Crippen LogP contribution in [0.2, 0.25) is 0 Å². The number of rotatable bonds is 2. The molecule has 0 aromatic heterocycles. The minimum Gasteiger partial charge on any atom is -0.444 e. The highest BCUT2D eigenvalue weighted by Gasteiger charge is 2.59. The Morgan fingerprint density at radius 2 is 2.05 bits per heavy atom. The first-order chi connectivity index (χ1) is 10.2. The zero-order valence-electron chi connectivity index (χ0n) is 14.5. The summed E-state index contributed by atoms with van der Waals surface area (Å²) in [5.74, 6) is 0.644. The quantitative estimate of drug-likeness (QED) is 0.851. The Hall–Kier alpha value is -0.810. The molecule has 1 saturated carbocycles. The van der Waals surface area contributed by atoms with E-state index in [4.69, 9.17) is 9.47 Å². The predicted octanol–water partition coefficient (Wildman–Crippen LogP) is 2.40. The summed E-state index contributed by atoms with van der Waals surface area (Å²) in [6.45, 7) is 12.7. The molecule has 126 valence electrons. The van der Waals surface area contributed by atoms with Gasteiger partial charge in [0.05, 0.1) is 6.10 Å². The van der Waals surface area contributed by atoms with Gasteiger partial charge in [0.1, 0.15) is 5.60 Å². The molecule has 2 aliphatic heterocycles. The Bertz CT molecular complexity index is 444. The van der Waals surface area contributed by atoms with Crippen molar-refractivity contribution < 1.29 is 14.3 Å². The molecule has 1 N–H and O–H groups in total. The summed E-state index contributed by atoms with van der Waals surface area (Å²) in [6.07, 6.45) is 2.39. The molecular weight excluding hydrogens is 280 g/mol. The van der Waals surface area contributed by atoms with Crippen LogP contribution in [0, 0.1) is 11.3 Å². The molecule has 5 heteroatoms. The van der Waals surface area contributed by atoms with Gasteiger partial charge in [0.15, 0.2) is 0 Å². The maximum Gasteiger partial charge on any atom is 0.410 e.